The Balaban J connectivity index is 1.82. The van der Waals surface area contributed by atoms with E-state index in [0.717, 1.165) is 0 Å². The van der Waals surface area contributed by atoms with E-state index in [1.54, 1.807) is 18.2 Å². The standard InChI is InChI=1S/C13H14N2O4S/c14-7-10-2-1-3-12(6-10)19-8-13(16)15-11-4-5-20(17,18)9-11/h1-3,6,11H,4-5,8-9H2,(H,15,16)/t11-/m1/s1. The summed E-state index contributed by atoms with van der Waals surface area (Å²) in [4.78, 5) is 11.6. The fourth-order valence-corrected chi connectivity index (χ4v) is 3.66. The minimum atomic E-state index is -3.01. The lowest BCUT2D eigenvalue weighted by molar-refractivity contribution is -0.123. The van der Waals surface area contributed by atoms with Gasteiger partial charge in [-0.2, -0.15) is 5.26 Å². The second kappa shape index (κ2) is 5.92. The Hall–Kier alpha value is -2.07. The number of ether oxygens (including phenoxy) is 1. The van der Waals surface area contributed by atoms with Crippen molar-refractivity contribution in [1.82, 2.24) is 5.32 Å². The molecule has 0 bridgehead atoms. The van der Waals surface area contributed by atoms with Crippen LogP contribution in [0.5, 0.6) is 5.75 Å². The highest BCUT2D eigenvalue weighted by atomic mass is 32.2. The molecule has 1 aliphatic heterocycles. The van der Waals surface area contributed by atoms with Crippen LogP contribution in [0, 0.1) is 11.3 Å². The number of sulfone groups is 1. The van der Waals surface area contributed by atoms with Crippen LogP contribution in [0.15, 0.2) is 24.3 Å². The molecule has 0 unspecified atom stereocenters. The molecule has 7 heteroatoms. The van der Waals surface area contributed by atoms with Crippen LogP contribution in [0.25, 0.3) is 0 Å². The molecule has 1 aromatic carbocycles. The van der Waals surface area contributed by atoms with E-state index in [-0.39, 0.29) is 30.1 Å². The van der Waals surface area contributed by atoms with Crippen molar-refractivity contribution in [2.45, 2.75) is 12.5 Å². The Morgan fingerprint density at radius 3 is 2.95 bits per heavy atom. The molecule has 2 rings (SSSR count). The quantitative estimate of drug-likeness (QED) is 0.858. The average Bonchev–Trinajstić information content (AvgIpc) is 2.76. The van der Waals surface area contributed by atoms with Gasteiger partial charge in [0.15, 0.2) is 16.4 Å². The number of hydrogen-bond donors (Lipinski definition) is 1. The van der Waals surface area contributed by atoms with Crippen molar-refractivity contribution in [3.63, 3.8) is 0 Å². The first-order valence-electron chi connectivity index (χ1n) is 6.11. The maximum absolute atomic E-state index is 11.6. The third-order valence-electron chi connectivity index (χ3n) is 2.93. The summed E-state index contributed by atoms with van der Waals surface area (Å²) in [6, 6.07) is 8.12. The lowest BCUT2D eigenvalue weighted by Gasteiger charge is -2.11. The summed E-state index contributed by atoms with van der Waals surface area (Å²) >= 11 is 0. The van der Waals surface area contributed by atoms with Gasteiger partial charge in [-0.1, -0.05) is 6.07 Å². The molecular formula is C13H14N2O4S. The first kappa shape index (κ1) is 14.3. The number of amides is 1. The minimum absolute atomic E-state index is 0.0113. The van der Waals surface area contributed by atoms with Crippen molar-refractivity contribution in [1.29, 1.82) is 5.26 Å². The topological polar surface area (TPSA) is 96.3 Å². The van der Waals surface area contributed by atoms with E-state index in [4.69, 9.17) is 10.00 Å². The smallest absolute Gasteiger partial charge is 0.258 e. The largest absolute Gasteiger partial charge is 0.484 e. The zero-order valence-electron chi connectivity index (χ0n) is 10.7. The third kappa shape index (κ3) is 3.96. The van der Waals surface area contributed by atoms with Crippen LogP contribution in [0.2, 0.25) is 0 Å². The van der Waals surface area contributed by atoms with Crippen molar-refractivity contribution >= 4 is 15.7 Å². The fraction of sp³-hybridized carbons (Fsp3) is 0.385. The summed E-state index contributed by atoms with van der Waals surface area (Å²) in [6.45, 7) is -0.203. The predicted octanol–water partition coefficient (Wildman–Crippen LogP) is 0.240. The number of nitriles is 1. The molecule has 1 fully saturated rings. The normalized spacial score (nSPS) is 20.1. The molecule has 1 N–H and O–H groups in total. The van der Waals surface area contributed by atoms with Crippen molar-refractivity contribution < 1.29 is 17.9 Å². The van der Waals surface area contributed by atoms with E-state index in [2.05, 4.69) is 5.32 Å². The van der Waals surface area contributed by atoms with E-state index >= 15 is 0 Å². The monoisotopic (exact) mass is 294 g/mol. The van der Waals surface area contributed by atoms with Crippen LogP contribution < -0.4 is 10.1 Å². The second-order valence-electron chi connectivity index (χ2n) is 4.60. The van der Waals surface area contributed by atoms with Gasteiger partial charge in [0.05, 0.1) is 23.1 Å². The van der Waals surface area contributed by atoms with Crippen molar-refractivity contribution in [2.24, 2.45) is 0 Å². The number of hydrogen-bond acceptors (Lipinski definition) is 5. The molecule has 1 atom stereocenters. The Kier molecular flexibility index (Phi) is 4.25. The number of carbonyl (C=O) groups is 1. The highest BCUT2D eigenvalue weighted by Crippen LogP contribution is 2.13. The molecule has 1 saturated heterocycles. The molecule has 0 spiro atoms. The first-order chi connectivity index (χ1) is 9.48. The van der Waals surface area contributed by atoms with Gasteiger partial charge in [0, 0.05) is 6.04 Å². The summed E-state index contributed by atoms with van der Waals surface area (Å²) in [5, 5.41) is 11.4. The average molecular weight is 294 g/mol. The summed E-state index contributed by atoms with van der Waals surface area (Å²) in [6.07, 6.45) is 0.442. The predicted molar refractivity (Wildman–Crippen MR) is 71.9 cm³/mol. The number of carbonyl (C=O) groups excluding carboxylic acids is 1. The third-order valence-corrected chi connectivity index (χ3v) is 4.70. The van der Waals surface area contributed by atoms with Gasteiger partial charge in [0.1, 0.15) is 5.75 Å². The summed E-state index contributed by atoms with van der Waals surface area (Å²) in [7, 11) is -3.01. The van der Waals surface area contributed by atoms with Crippen LogP contribution in [0.1, 0.15) is 12.0 Å². The number of benzene rings is 1. The van der Waals surface area contributed by atoms with Gasteiger partial charge in [-0.25, -0.2) is 8.42 Å². The molecule has 0 radical (unpaired) electrons. The Bertz CT molecular complexity index is 649. The van der Waals surface area contributed by atoms with Gasteiger partial charge < -0.3 is 10.1 Å². The van der Waals surface area contributed by atoms with Gasteiger partial charge in [0.2, 0.25) is 0 Å². The van der Waals surface area contributed by atoms with Gasteiger partial charge >= 0.3 is 0 Å². The van der Waals surface area contributed by atoms with Crippen LogP contribution in [0.3, 0.4) is 0 Å². The van der Waals surface area contributed by atoms with Crippen LogP contribution in [0.4, 0.5) is 0 Å². The van der Waals surface area contributed by atoms with Gasteiger partial charge in [0.25, 0.3) is 5.91 Å². The molecule has 106 valence electrons. The van der Waals surface area contributed by atoms with Crippen molar-refractivity contribution in [2.75, 3.05) is 18.1 Å². The second-order valence-corrected chi connectivity index (χ2v) is 6.82. The molecule has 0 aliphatic carbocycles. The van der Waals surface area contributed by atoms with E-state index < -0.39 is 9.84 Å². The molecule has 1 amide bonds. The zero-order chi connectivity index (χ0) is 14.6. The lowest BCUT2D eigenvalue weighted by Crippen LogP contribution is -2.38. The van der Waals surface area contributed by atoms with Gasteiger partial charge in [-0.15, -0.1) is 0 Å². The van der Waals surface area contributed by atoms with E-state index in [1.807, 2.05) is 6.07 Å². The lowest BCUT2D eigenvalue weighted by atomic mass is 10.2. The molecule has 0 aromatic heterocycles. The van der Waals surface area contributed by atoms with E-state index in [0.29, 0.717) is 17.7 Å². The number of nitrogens with zero attached hydrogens (tertiary/aromatic N) is 1. The number of rotatable bonds is 4. The van der Waals surface area contributed by atoms with Crippen LogP contribution in [-0.2, 0) is 14.6 Å². The summed E-state index contributed by atoms with van der Waals surface area (Å²) in [5.74, 6) is 0.166. The molecule has 20 heavy (non-hydrogen) atoms. The Morgan fingerprint density at radius 1 is 1.50 bits per heavy atom. The summed E-state index contributed by atoms with van der Waals surface area (Å²) < 4.78 is 27.8. The molecule has 6 nitrogen and oxygen atoms in total. The first-order valence-corrected chi connectivity index (χ1v) is 7.93. The Labute approximate surface area is 117 Å². The van der Waals surface area contributed by atoms with Crippen molar-refractivity contribution in [3.05, 3.63) is 29.8 Å². The maximum Gasteiger partial charge on any atom is 0.258 e. The highest BCUT2D eigenvalue weighted by molar-refractivity contribution is 7.91. The Morgan fingerprint density at radius 2 is 2.30 bits per heavy atom. The van der Waals surface area contributed by atoms with E-state index in [1.165, 1.54) is 6.07 Å². The van der Waals surface area contributed by atoms with Gasteiger partial charge in [-0.3, -0.25) is 4.79 Å². The van der Waals surface area contributed by atoms with Crippen molar-refractivity contribution in [3.8, 4) is 11.8 Å². The summed E-state index contributed by atoms with van der Waals surface area (Å²) in [5.41, 5.74) is 0.449. The van der Waals surface area contributed by atoms with Crippen LogP contribution >= 0.6 is 0 Å². The number of nitrogens with one attached hydrogen (secondary N) is 1. The fourth-order valence-electron chi connectivity index (χ4n) is 1.98. The highest BCUT2D eigenvalue weighted by Gasteiger charge is 2.28. The molecular weight excluding hydrogens is 280 g/mol. The molecule has 1 aliphatic rings. The van der Waals surface area contributed by atoms with Gasteiger partial charge in [-0.05, 0) is 24.6 Å². The van der Waals surface area contributed by atoms with Crippen LogP contribution in [-0.4, -0.2) is 38.5 Å². The van der Waals surface area contributed by atoms with E-state index in [9.17, 15) is 13.2 Å². The molecule has 0 saturated carbocycles. The SMILES string of the molecule is N#Cc1cccc(OCC(=O)N[C@@H]2CCS(=O)(=O)C2)c1. The minimum Gasteiger partial charge on any atom is -0.484 e. The molecule has 1 aromatic rings. The molecule has 1 heterocycles. The maximum atomic E-state index is 11.6. The zero-order valence-corrected chi connectivity index (χ0v) is 11.5.